The number of carbonyl (C=O) groups excluding carboxylic acids is 2. The summed E-state index contributed by atoms with van der Waals surface area (Å²) in [4.78, 5) is 27.3. The number of hydrogen-bond donors (Lipinski definition) is 1. The number of ether oxygens (including phenoxy) is 3. The van der Waals surface area contributed by atoms with E-state index < -0.39 is 0 Å². The summed E-state index contributed by atoms with van der Waals surface area (Å²) < 4.78 is 30.6. The third-order valence-corrected chi connectivity index (χ3v) is 7.02. The minimum absolute atomic E-state index is 0.0594. The van der Waals surface area contributed by atoms with E-state index in [9.17, 15) is 14.0 Å². The third-order valence-electron chi connectivity index (χ3n) is 7.02. The number of piperidine rings is 1. The van der Waals surface area contributed by atoms with Crippen LogP contribution in [0.15, 0.2) is 48.5 Å². The van der Waals surface area contributed by atoms with Crippen molar-refractivity contribution in [3.63, 3.8) is 0 Å². The number of amides is 2. The van der Waals surface area contributed by atoms with Crippen molar-refractivity contribution in [1.82, 2.24) is 10.2 Å². The second-order valence-corrected chi connectivity index (χ2v) is 9.54. The van der Waals surface area contributed by atoms with Gasteiger partial charge in [-0.25, -0.2) is 4.39 Å². The standard InChI is InChI=1S/C28H35FN2O5/c29-22-7-9-23(10-8-22)35-19-11-26(32)31-16-13-28(14-17-31)12-3-4-18-34-20-15-30-27(33)24-5-1-2-6-25(24)36-21-28/h1-2,5-10H,3-4,11-21H2,(H,30,33). The van der Waals surface area contributed by atoms with Crippen LogP contribution < -0.4 is 14.8 Å². The molecule has 36 heavy (non-hydrogen) atoms. The second-order valence-electron chi connectivity index (χ2n) is 9.54. The lowest BCUT2D eigenvalue weighted by molar-refractivity contribution is -0.134. The van der Waals surface area contributed by atoms with E-state index in [4.69, 9.17) is 14.2 Å². The van der Waals surface area contributed by atoms with E-state index in [-0.39, 0.29) is 36.1 Å². The van der Waals surface area contributed by atoms with Gasteiger partial charge in [-0.3, -0.25) is 9.59 Å². The molecule has 0 saturated carbocycles. The van der Waals surface area contributed by atoms with E-state index in [1.807, 2.05) is 23.1 Å². The Balaban J connectivity index is 1.34. The number of para-hydroxylation sites is 1. The summed E-state index contributed by atoms with van der Waals surface area (Å²) in [6.07, 6.45) is 4.92. The molecule has 0 aliphatic carbocycles. The zero-order valence-corrected chi connectivity index (χ0v) is 20.7. The van der Waals surface area contributed by atoms with Gasteiger partial charge in [0.15, 0.2) is 0 Å². The molecule has 0 radical (unpaired) electrons. The van der Waals surface area contributed by atoms with Crippen molar-refractivity contribution in [1.29, 1.82) is 0 Å². The molecule has 2 aromatic rings. The fourth-order valence-electron chi connectivity index (χ4n) is 4.79. The largest absolute Gasteiger partial charge is 0.493 e. The van der Waals surface area contributed by atoms with Crippen LogP contribution in [0.25, 0.3) is 0 Å². The highest BCUT2D eigenvalue weighted by Crippen LogP contribution is 2.38. The summed E-state index contributed by atoms with van der Waals surface area (Å²) in [5.41, 5.74) is 0.466. The lowest BCUT2D eigenvalue weighted by Gasteiger charge is -2.42. The van der Waals surface area contributed by atoms with Gasteiger partial charge in [0, 0.05) is 31.7 Å². The van der Waals surface area contributed by atoms with Crippen LogP contribution in [-0.2, 0) is 9.53 Å². The molecule has 2 heterocycles. The van der Waals surface area contributed by atoms with E-state index >= 15 is 0 Å². The van der Waals surface area contributed by atoms with Crippen LogP contribution in [0.3, 0.4) is 0 Å². The molecule has 2 aliphatic heterocycles. The first-order valence-electron chi connectivity index (χ1n) is 12.8. The molecule has 4 rings (SSSR count). The van der Waals surface area contributed by atoms with E-state index in [2.05, 4.69) is 5.32 Å². The van der Waals surface area contributed by atoms with Crippen LogP contribution in [0.5, 0.6) is 11.5 Å². The number of hydrogen-bond acceptors (Lipinski definition) is 5. The molecule has 7 nitrogen and oxygen atoms in total. The molecule has 0 aromatic heterocycles. The molecule has 2 amide bonds. The monoisotopic (exact) mass is 498 g/mol. The van der Waals surface area contributed by atoms with Gasteiger partial charge in [0.1, 0.15) is 17.3 Å². The predicted molar refractivity (Wildman–Crippen MR) is 134 cm³/mol. The summed E-state index contributed by atoms with van der Waals surface area (Å²) in [6.45, 7) is 3.72. The summed E-state index contributed by atoms with van der Waals surface area (Å²) >= 11 is 0. The normalized spacial score (nSPS) is 18.9. The third kappa shape index (κ3) is 7.20. The number of likely N-dealkylation sites (tertiary alicyclic amines) is 1. The van der Waals surface area contributed by atoms with Gasteiger partial charge in [0.25, 0.3) is 5.91 Å². The Hall–Kier alpha value is -3.13. The van der Waals surface area contributed by atoms with Crippen LogP contribution >= 0.6 is 0 Å². The average molecular weight is 499 g/mol. The van der Waals surface area contributed by atoms with Crippen LogP contribution in [0.4, 0.5) is 4.39 Å². The zero-order chi connectivity index (χ0) is 25.2. The van der Waals surface area contributed by atoms with Crippen LogP contribution in [0.1, 0.15) is 48.9 Å². The van der Waals surface area contributed by atoms with Gasteiger partial charge in [-0.05, 0) is 62.1 Å². The fraction of sp³-hybridized carbons (Fsp3) is 0.500. The number of carbonyl (C=O) groups is 2. The summed E-state index contributed by atoms with van der Waals surface area (Å²) in [5, 5.41) is 2.90. The number of nitrogens with zero attached hydrogens (tertiary/aromatic N) is 1. The van der Waals surface area contributed by atoms with E-state index in [0.717, 1.165) is 32.1 Å². The Labute approximate surface area is 211 Å². The molecule has 0 bridgehead atoms. The molecule has 1 spiro atoms. The summed E-state index contributed by atoms with van der Waals surface area (Å²) in [7, 11) is 0. The maximum absolute atomic E-state index is 13.0. The minimum Gasteiger partial charge on any atom is -0.493 e. The highest BCUT2D eigenvalue weighted by atomic mass is 19.1. The molecule has 1 saturated heterocycles. The van der Waals surface area contributed by atoms with Gasteiger partial charge in [0.2, 0.25) is 5.91 Å². The van der Waals surface area contributed by atoms with Crippen LogP contribution in [0, 0.1) is 11.2 Å². The smallest absolute Gasteiger partial charge is 0.255 e. The minimum atomic E-state index is -0.318. The first kappa shape index (κ1) is 25.9. The molecular formula is C28H35FN2O5. The average Bonchev–Trinajstić information content (AvgIpc) is 2.90. The van der Waals surface area contributed by atoms with Crippen molar-refractivity contribution in [2.24, 2.45) is 5.41 Å². The van der Waals surface area contributed by atoms with Crippen LogP contribution in [0.2, 0.25) is 0 Å². The Morgan fingerprint density at radius 2 is 1.81 bits per heavy atom. The van der Waals surface area contributed by atoms with Crippen molar-refractivity contribution in [3.8, 4) is 11.5 Å². The molecular weight excluding hydrogens is 463 g/mol. The van der Waals surface area contributed by atoms with Gasteiger partial charge in [-0.2, -0.15) is 0 Å². The van der Waals surface area contributed by atoms with E-state index in [1.165, 1.54) is 12.1 Å². The van der Waals surface area contributed by atoms with E-state index in [0.29, 0.717) is 56.5 Å². The zero-order valence-electron chi connectivity index (χ0n) is 20.7. The van der Waals surface area contributed by atoms with Gasteiger partial charge < -0.3 is 24.4 Å². The topological polar surface area (TPSA) is 77.1 Å². The van der Waals surface area contributed by atoms with Crippen molar-refractivity contribution < 1.29 is 28.2 Å². The maximum Gasteiger partial charge on any atom is 0.255 e. The summed E-state index contributed by atoms with van der Waals surface area (Å²) in [5.74, 6) is 0.717. The first-order valence-corrected chi connectivity index (χ1v) is 12.8. The molecule has 2 aliphatic rings. The quantitative estimate of drug-likeness (QED) is 0.683. The number of halogens is 1. The maximum atomic E-state index is 13.0. The van der Waals surface area contributed by atoms with Crippen molar-refractivity contribution in [2.45, 2.75) is 38.5 Å². The molecule has 194 valence electrons. The molecule has 0 atom stereocenters. The second kappa shape index (κ2) is 12.7. The number of rotatable bonds is 4. The van der Waals surface area contributed by atoms with Gasteiger partial charge in [0.05, 0.1) is 31.8 Å². The molecule has 8 heteroatoms. The van der Waals surface area contributed by atoms with E-state index in [1.54, 1.807) is 18.2 Å². The van der Waals surface area contributed by atoms with Gasteiger partial charge >= 0.3 is 0 Å². The molecule has 2 aromatic carbocycles. The van der Waals surface area contributed by atoms with Gasteiger partial charge in [-0.1, -0.05) is 18.6 Å². The highest BCUT2D eigenvalue weighted by molar-refractivity contribution is 5.96. The highest BCUT2D eigenvalue weighted by Gasteiger charge is 2.36. The van der Waals surface area contributed by atoms with Crippen LogP contribution in [-0.4, -0.2) is 62.8 Å². The number of fused-ring (bicyclic) bond motifs is 1. The first-order chi connectivity index (χ1) is 17.5. The Morgan fingerprint density at radius 1 is 1.03 bits per heavy atom. The lowest BCUT2D eigenvalue weighted by Crippen LogP contribution is -2.46. The molecule has 1 N–H and O–H groups in total. The Morgan fingerprint density at radius 3 is 2.61 bits per heavy atom. The summed E-state index contributed by atoms with van der Waals surface area (Å²) in [6, 6.07) is 13.1. The fourth-order valence-corrected chi connectivity index (χ4v) is 4.79. The van der Waals surface area contributed by atoms with Gasteiger partial charge in [-0.15, -0.1) is 0 Å². The molecule has 1 fully saturated rings. The Kier molecular flexibility index (Phi) is 9.17. The Bertz CT molecular complexity index is 1010. The number of nitrogens with one attached hydrogen (secondary N) is 1. The SMILES string of the molecule is O=C1NCCOCCCCC2(CCN(C(=O)CCOc3ccc(F)cc3)CC2)COc2ccccc21. The van der Waals surface area contributed by atoms with Crippen molar-refractivity contribution in [3.05, 3.63) is 59.9 Å². The molecule has 0 unspecified atom stereocenters. The lowest BCUT2D eigenvalue weighted by atomic mass is 9.75. The van der Waals surface area contributed by atoms with Crippen molar-refractivity contribution >= 4 is 11.8 Å². The predicted octanol–water partition coefficient (Wildman–Crippen LogP) is 4.21. The number of benzene rings is 2. The van der Waals surface area contributed by atoms with Crippen molar-refractivity contribution in [2.75, 3.05) is 46.1 Å².